The van der Waals surface area contributed by atoms with Crippen molar-refractivity contribution in [3.05, 3.63) is 112 Å². The highest BCUT2D eigenvalue weighted by atomic mass is 16.7. The summed E-state index contributed by atoms with van der Waals surface area (Å²) >= 11 is 0. The molecule has 0 amide bonds. The average molecular weight is 1170 g/mol. The van der Waals surface area contributed by atoms with Crippen molar-refractivity contribution >= 4 is 16.9 Å². The Labute approximate surface area is 492 Å². The van der Waals surface area contributed by atoms with Crippen molar-refractivity contribution < 1.29 is 86.5 Å². The van der Waals surface area contributed by atoms with Crippen LogP contribution in [0.3, 0.4) is 0 Å². The predicted octanol–water partition coefficient (Wildman–Crippen LogP) is 8.56. The van der Waals surface area contributed by atoms with E-state index < -0.39 is 90.8 Å². The van der Waals surface area contributed by atoms with E-state index >= 15 is 0 Å². The zero-order valence-electron chi connectivity index (χ0n) is 50.3. The van der Waals surface area contributed by atoms with E-state index in [1.807, 2.05) is 32.1 Å². The van der Waals surface area contributed by atoms with Crippen molar-refractivity contribution in [2.24, 2.45) is 23.7 Å². The number of aromatic hydroxyl groups is 1. The summed E-state index contributed by atoms with van der Waals surface area (Å²) in [6.07, 6.45) is 9.92. The topological polar surface area (TPSA) is 239 Å². The molecule has 7 aliphatic rings. The molecule has 4 N–H and O–H groups in total. The molecule has 2 aromatic carbocycles. The van der Waals surface area contributed by atoms with Crippen LogP contribution in [-0.2, 0) is 52.2 Å². The minimum atomic E-state index is -1.84. The van der Waals surface area contributed by atoms with Gasteiger partial charge in [-0.15, -0.1) is 0 Å². The number of allylic oxidation sites excluding steroid dienone is 2. The lowest BCUT2D eigenvalue weighted by atomic mass is 9.71. The Balaban J connectivity index is 0.000000320. The van der Waals surface area contributed by atoms with Gasteiger partial charge >= 0.3 is 5.97 Å². The third-order valence-corrected chi connectivity index (χ3v) is 18.0. The zero-order valence-corrected chi connectivity index (χ0v) is 50.3. The lowest BCUT2D eigenvalue weighted by Crippen LogP contribution is -2.58. The Morgan fingerprint density at radius 2 is 1.52 bits per heavy atom. The van der Waals surface area contributed by atoms with Crippen LogP contribution in [0.2, 0.25) is 0 Å². The van der Waals surface area contributed by atoms with Gasteiger partial charge < -0.3 is 81.7 Å². The van der Waals surface area contributed by atoms with Gasteiger partial charge in [-0.1, -0.05) is 82.7 Å². The van der Waals surface area contributed by atoms with Crippen LogP contribution in [0.5, 0.6) is 17.2 Å². The molecule has 460 valence electrons. The fourth-order valence-corrected chi connectivity index (χ4v) is 12.9. The van der Waals surface area contributed by atoms with Crippen LogP contribution in [0.1, 0.15) is 93.9 Å². The first-order chi connectivity index (χ1) is 40.1. The van der Waals surface area contributed by atoms with E-state index in [-0.39, 0.29) is 65.2 Å². The van der Waals surface area contributed by atoms with E-state index in [4.69, 9.17) is 61.3 Å². The SMILES string of the molecule is CCC(C)C1OC2(C=CC1C)CC1CC(CC=C(C)C(OC3CC(OC)C(OC4CC(OC)C(O)C(C)O4)C(C)O3)C(C)C=CC=C3COC4C(O)C(C)=CC(C(=O)O1)C34O)O2.COc1ccc(-c2coc3c(OC)c(O)ccc3c2=O)cc1. The predicted molar refractivity (Wildman–Crippen MR) is 310 cm³/mol. The van der Waals surface area contributed by atoms with Gasteiger partial charge in [0.1, 0.15) is 54.1 Å². The Morgan fingerprint density at radius 3 is 2.23 bits per heavy atom. The molecule has 0 saturated carbocycles. The lowest BCUT2D eigenvalue weighted by molar-refractivity contribution is -0.318. The first-order valence-corrected chi connectivity index (χ1v) is 29.5. The second-order valence-corrected chi connectivity index (χ2v) is 23.7. The Kier molecular flexibility index (Phi) is 20.2. The monoisotopic (exact) mass is 1170 g/mol. The van der Waals surface area contributed by atoms with Crippen LogP contribution < -0.4 is 14.9 Å². The van der Waals surface area contributed by atoms with Crippen molar-refractivity contribution in [2.75, 3.05) is 35.0 Å². The molecule has 84 heavy (non-hydrogen) atoms. The van der Waals surface area contributed by atoms with Gasteiger partial charge in [-0.2, -0.15) is 0 Å². The van der Waals surface area contributed by atoms with Crippen LogP contribution in [0.4, 0.5) is 0 Å². The Bertz CT molecular complexity index is 2980. The maximum absolute atomic E-state index is 14.3. The number of hydrogen-bond donors (Lipinski definition) is 4. The summed E-state index contributed by atoms with van der Waals surface area (Å²) in [6, 6.07) is 10.1. The smallest absolute Gasteiger partial charge is 0.316 e. The summed E-state index contributed by atoms with van der Waals surface area (Å²) in [5, 5.41) is 44.3. The number of fused-ring (bicyclic) bond motifs is 3. The number of methoxy groups -OCH3 is 4. The first kappa shape index (κ1) is 63.2. The third kappa shape index (κ3) is 13.0. The minimum absolute atomic E-state index is 0.0317. The fourth-order valence-electron chi connectivity index (χ4n) is 12.9. The van der Waals surface area contributed by atoms with Crippen molar-refractivity contribution in [3.63, 3.8) is 0 Å². The number of aliphatic hydroxyl groups is 3. The molecule has 4 saturated heterocycles. The molecule has 10 rings (SSSR count). The van der Waals surface area contributed by atoms with Gasteiger partial charge in [0.05, 0.1) is 74.5 Å². The summed E-state index contributed by atoms with van der Waals surface area (Å²) in [5.41, 5.74) is 1.33. The molecule has 6 aliphatic heterocycles. The van der Waals surface area contributed by atoms with E-state index in [0.717, 1.165) is 17.6 Å². The molecule has 19 nitrogen and oxygen atoms in total. The lowest BCUT2D eigenvalue weighted by Gasteiger charge is -2.48. The van der Waals surface area contributed by atoms with Gasteiger partial charge in [0.25, 0.3) is 0 Å². The molecule has 1 aliphatic carbocycles. The van der Waals surface area contributed by atoms with Gasteiger partial charge in [0, 0.05) is 51.7 Å². The number of phenolic OH excluding ortho intramolecular Hbond substituents is 1. The standard InChI is InChI=1S/C48H72O14.C17H14O5/c1-11-25(2)43-28(5)17-18-47(62-43)23-34-20-33(61-47)16-15-27(4)42(26(3)13-12-14-32-24-55-45-40(49)29(6)19-35(46(51)58-34)48(32,45)52)59-39-22-37(54-10)44(31(8)57-39)60-38-21-36(53-9)41(50)30(7)56-38;1-20-11-5-3-10(4-6-11)13-9-22-16-12(15(13)19)7-8-14(18)17(16)21-2/h12-15,17-19,25-26,28,30-31,33-45,49-50,52H,11,16,20-24H2,1-10H3;3-9,18H,1-2H3. The third-order valence-electron chi connectivity index (χ3n) is 18.0. The molecular formula is C65H86O19. The van der Waals surface area contributed by atoms with E-state index in [2.05, 4.69) is 39.8 Å². The number of rotatable bonds is 11. The van der Waals surface area contributed by atoms with Crippen molar-refractivity contribution in [1.29, 1.82) is 0 Å². The van der Waals surface area contributed by atoms with Crippen molar-refractivity contribution in [2.45, 2.75) is 191 Å². The molecule has 19 heteroatoms. The van der Waals surface area contributed by atoms with E-state index in [1.165, 1.54) is 25.5 Å². The van der Waals surface area contributed by atoms with Gasteiger partial charge in [0.15, 0.2) is 29.7 Å². The number of aliphatic hydroxyl groups excluding tert-OH is 2. The molecule has 3 aromatic rings. The summed E-state index contributed by atoms with van der Waals surface area (Å²) in [6.45, 7) is 16.1. The number of hydrogen-bond acceptors (Lipinski definition) is 19. The van der Waals surface area contributed by atoms with Crippen LogP contribution in [0, 0.1) is 23.7 Å². The highest BCUT2D eigenvalue weighted by Gasteiger charge is 2.60. The normalized spacial score (nSPS) is 37.4. The maximum Gasteiger partial charge on any atom is 0.316 e. The molecule has 1 aromatic heterocycles. The van der Waals surface area contributed by atoms with E-state index in [9.17, 15) is 30.0 Å². The van der Waals surface area contributed by atoms with Crippen molar-refractivity contribution in [1.82, 2.24) is 0 Å². The Morgan fingerprint density at radius 1 is 0.810 bits per heavy atom. The number of esters is 1. The highest BCUT2D eigenvalue weighted by Crippen LogP contribution is 2.47. The largest absolute Gasteiger partial charge is 0.504 e. The second kappa shape index (κ2) is 26.8. The van der Waals surface area contributed by atoms with Gasteiger partial charge in [-0.05, 0) is 92.7 Å². The van der Waals surface area contributed by atoms with Crippen LogP contribution in [0.15, 0.2) is 111 Å². The quantitative estimate of drug-likeness (QED) is 0.104. The molecule has 1 spiro atoms. The molecular weight excluding hydrogens is 1080 g/mol. The number of phenols is 1. The summed E-state index contributed by atoms with van der Waals surface area (Å²) < 4.78 is 79.4. The number of carbonyl (C=O) groups excluding carboxylic acids is 1. The molecule has 7 heterocycles. The number of benzene rings is 2. The average Bonchev–Trinajstić information content (AvgIpc) is 1.90. The molecule has 0 radical (unpaired) electrons. The van der Waals surface area contributed by atoms with E-state index in [1.54, 1.807) is 71.6 Å². The maximum atomic E-state index is 14.3. The molecule has 20 atom stereocenters. The van der Waals surface area contributed by atoms with E-state index in [0.29, 0.717) is 59.9 Å². The summed E-state index contributed by atoms with van der Waals surface area (Å²) in [4.78, 5) is 27.0. The van der Waals surface area contributed by atoms with Crippen molar-refractivity contribution in [3.8, 4) is 28.4 Å². The van der Waals surface area contributed by atoms with Crippen LogP contribution >= 0.6 is 0 Å². The minimum Gasteiger partial charge on any atom is -0.504 e. The highest BCUT2D eigenvalue weighted by molar-refractivity contribution is 5.88. The van der Waals surface area contributed by atoms with Crippen LogP contribution in [-0.4, -0.2) is 159 Å². The van der Waals surface area contributed by atoms with Gasteiger partial charge in [-0.3, -0.25) is 9.59 Å². The second-order valence-electron chi connectivity index (χ2n) is 23.7. The summed E-state index contributed by atoms with van der Waals surface area (Å²) in [7, 11) is 6.21. The number of carbonyl (C=O) groups is 1. The van der Waals surface area contributed by atoms with Gasteiger partial charge in [0.2, 0.25) is 11.2 Å². The molecule has 4 fully saturated rings. The first-order valence-electron chi connectivity index (χ1n) is 29.5. The number of ether oxygens (including phenoxy) is 12. The van der Waals surface area contributed by atoms with Gasteiger partial charge in [-0.25, -0.2) is 0 Å². The fraction of sp³-hybridized carbons (Fsp3) is 0.600. The van der Waals surface area contributed by atoms with Crippen LogP contribution in [0.25, 0.3) is 22.1 Å². The Hall–Kier alpha value is -5.26. The zero-order chi connectivity index (χ0) is 60.4. The molecule has 2 bridgehead atoms. The summed E-state index contributed by atoms with van der Waals surface area (Å²) in [5.74, 6) is -1.78. The molecule has 20 unspecified atom stereocenters.